The molecule has 1 unspecified atom stereocenters. The summed E-state index contributed by atoms with van der Waals surface area (Å²) < 4.78 is 14.3. The number of carbonyl (C=O) groups is 2. The number of H-pyrrole nitrogens is 1. The lowest BCUT2D eigenvalue weighted by atomic mass is 10.1. The molecule has 0 aliphatic heterocycles. The highest BCUT2D eigenvalue weighted by Crippen LogP contribution is 2.20. The van der Waals surface area contributed by atoms with E-state index in [1.165, 1.54) is 0 Å². The number of carboxylic acid groups (broad SMARTS) is 1. The van der Waals surface area contributed by atoms with Crippen molar-refractivity contribution in [1.82, 2.24) is 10.3 Å². The summed E-state index contributed by atoms with van der Waals surface area (Å²) in [6.45, 7) is 0.451. The Morgan fingerprint density at radius 1 is 1.29 bits per heavy atom. The molecule has 0 saturated heterocycles. The molecule has 5 N–H and O–H groups in total. The number of unbranched alkanes of at least 4 members (excludes halogenated alkanes) is 1. The first kappa shape index (κ1) is 17.9. The lowest BCUT2D eigenvalue weighted by Crippen LogP contribution is -2.44. The van der Waals surface area contributed by atoms with E-state index in [0.717, 1.165) is 10.9 Å². The van der Waals surface area contributed by atoms with Crippen molar-refractivity contribution in [3.8, 4) is 0 Å². The smallest absolute Gasteiger partial charge is 0.326 e. The monoisotopic (exact) mass is 335 g/mol. The number of aromatic nitrogens is 1. The average molecular weight is 335 g/mol. The quantitative estimate of drug-likeness (QED) is 0.523. The zero-order valence-electron chi connectivity index (χ0n) is 13.3. The number of rotatable bonds is 9. The predicted molar refractivity (Wildman–Crippen MR) is 89.4 cm³/mol. The number of alkyl halides is 1. The van der Waals surface area contributed by atoms with Crippen LogP contribution >= 0.6 is 0 Å². The summed E-state index contributed by atoms with van der Waals surface area (Å²) in [5.41, 5.74) is 6.91. The van der Waals surface area contributed by atoms with Crippen molar-refractivity contribution in [3.63, 3.8) is 0 Å². The van der Waals surface area contributed by atoms with Gasteiger partial charge in [-0.3, -0.25) is 4.79 Å². The Bertz CT molecular complexity index is 701. The Morgan fingerprint density at radius 3 is 2.75 bits per heavy atom. The van der Waals surface area contributed by atoms with Crippen LogP contribution in [0.3, 0.4) is 0 Å². The number of para-hydroxylation sites is 1. The van der Waals surface area contributed by atoms with Crippen LogP contribution in [0.25, 0.3) is 10.9 Å². The fraction of sp³-hybridized carbons (Fsp3) is 0.412. The fourth-order valence-corrected chi connectivity index (χ4v) is 2.60. The Balaban J connectivity index is 1.96. The van der Waals surface area contributed by atoms with Crippen molar-refractivity contribution in [2.45, 2.75) is 37.9 Å². The number of halogens is 1. The Hall–Kier alpha value is -2.41. The van der Waals surface area contributed by atoms with Gasteiger partial charge in [-0.15, -0.1) is 0 Å². The minimum atomic E-state index is -1.81. The number of hydrogen-bond acceptors (Lipinski definition) is 3. The SMILES string of the molecule is NCCCC[C@H](NC(=O)C(F)Cc1c[nH]c2ccccc12)C(=O)O. The third-order valence-corrected chi connectivity index (χ3v) is 3.92. The lowest BCUT2D eigenvalue weighted by Gasteiger charge is -2.16. The molecule has 1 heterocycles. The summed E-state index contributed by atoms with van der Waals surface area (Å²) in [6.07, 6.45) is 1.21. The molecule has 0 bridgehead atoms. The molecule has 0 radical (unpaired) electrons. The number of fused-ring (bicyclic) bond motifs is 1. The van der Waals surface area contributed by atoms with Crippen molar-refractivity contribution in [2.75, 3.05) is 6.54 Å². The van der Waals surface area contributed by atoms with Gasteiger partial charge in [-0.1, -0.05) is 18.2 Å². The normalized spacial score (nSPS) is 13.6. The van der Waals surface area contributed by atoms with Gasteiger partial charge in [-0.25, -0.2) is 9.18 Å². The van der Waals surface area contributed by atoms with Gasteiger partial charge in [0.2, 0.25) is 0 Å². The Labute approximate surface area is 139 Å². The van der Waals surface area contributed by atoms with Crippen LogP contribution in [-0.2, 0) is 16.0 Å². The largest absolute Gasteiger partial charge is 0.480 e. The van der Waals surface area contributed by atoms with E-state index >= 15 is 0 Å². The Morgan fingerprint density at radius 2 is 2.04 bits per heavy atom. The first-order valence-corrected chi connectivity index (χ1v) is 7.95. The van der Waals surface area contributed by atoms with Gasteiger partial charge < -0.3 is 21.1 Å². The average Bonchev–Trinajstić information content (AvgIpc) is 2.97. The van der Waals surface area contributed by atoms with Crippen LogP contribution in [0.4, 0.5) is 4.39 Å². The van der Waals surface area contributed by atoms with Crippen molar-refractivity contribution in [3.05, 3.63) is 36.0 Å². The first-order chi connectivity index (χ1) is 11.5. The highest BCUT2D eigenvalue weighted by atomic mass is 19.1. The maximum atomic E-state index is 14.3. The third kappa shape index (κ3) is 4.55. The third-order valence-electron chi connectivity index (χ3n) is 3.92. The van der Waals surface area contributed by atoms with E-state index in [4.69, 9.17) is 10.8 Å². The molecule has 0 saturated carbocycles. The second kappa shape index (κ2) is 8.44. The number of aromatic amines is 1. The number of benzene rings is 1. The zero-order valence-corrected chi connectivity index (χ0v) is 13.3. The van der Waals surface area contributed by atoms with Crippen molar-refractivity contribution in [1.29, 1.82) is 0 Å². The van der Waals surface area contributed by atoms with E-state index < -0.39 is 24.1 Å². The van der Waals surface area contributed by atoms with Gasteiger partial charge in [0, 0.05) is 23.5 Å². The highest BCUT2D eigenvalue weighted by molar-refractivity contribution is 5.88. The maximum Gasteiger partial charge on any atom is 0.326 e. The standard InChI is InChI=1S/C17H22FN3O3/c18-13(9-11-10-20-14-6-2-1-5-12(11)14)16(22)21-15(17(23)24)7-3-4-8-19/h1-2,5-6,10,13,15,20H,3-4,7-9,19H2,(H,21,22)(H,23,24)/t13?,15-/m0/s1. The zero-order chi connectivity index (χ0) is 17.5. The lowest BCUT2D eigenvalue weighted by molar-refractivity contribution is -0.142. The van der Waals surface area contributed by atoms with Gasteiger partial charge in [0.15, 0.2) is 6.17 Å². The Kier molecular flexibility index (Phi) is 6.31. The van der Waals surface area contributed by atoms with Crippen LogP contribution in [0.15, 0.2) is 30.5 Å². The summed E-state index contributed by atoms with van der Waals surface area (Å²) in [5.74, 6) is -2.07. The molecule has 1 amide bonds. The van der Waals surface area contributed by atoms with Gasteiger partial charge in [-0.2, -0.15) is 0 Å². The number of carboxylic acids is 1. The molecular weight excluding hydrogens is 313 g/mol. The molecule has 6 nitrogen and oxygen atoms in total. The van der Waals surface area contributed by atoms with Gasteiger partial charge >= 0.3 is 5.97 Å². The molecule has 2 rings (SSSR count). The summed E-state index contributed by atoms with van der Waals surface area (Å²) in [4.78, 5) is 26.2. The molecule has 2 aromatic rings. The summed E-state index contributed by atoms with van der Waals surface area (Å²) in [7, 11) is 0. The molecule has 2 atom stereocenters. The topological polar surface area (TPSA) is 108 Å². The maximum absolute atomic E-state index is 14.3. The predicted octanol–water partition coefficient (Wildman–Crippen LogP) is 1.75. The first-order valence-electron chi connectivity index (χ1n) is 7.95. The molecule has 0 fully saturated rings. The van der Waals surface area contributed by atoms with Crippen molar-refractivity contribution in [2.24, 2.45) is 5.73 Å². The van der Waals surface area contributed by atoms with Crippen LogP contribution in [0, 0.1) is 0 Å². The molecule has 130 valence electrons. The van der Waals surface area contributed by atoms with Gasteiger partial charge in [0.1, 0.15) is 6.04 Å². The molecule has 1 aromatic heterocycles. The van der Waals surface area contributed by atoms with E-state index in [0.29, 0.717) is 24.9 Å². The van der Waals surface area contributed by atoms with E-state index in [2.05, 4.69) is 10.3 Å². The number of nitrogens with one attached hydrogen (secondary N) is 2. The van der Waals surface area contributed by atoms with E-state index in [-0.39, 0.29) is 12.8 Å². The number of amides is 1. The minimum absolute atomic E-state index is 0.106. The second-order valence-electron chi connectivity index (χ2n) is 5.72. The molecule has 0 aliphatic rings. The molecule has 1 aromatic carbocycles. The van der Waals surface area contributed by atoms with E-state index in [1.54, 1.807) is 6.20 Å². The van der Waals surface area contributed by atoms with E-state index in [9.17, 15) is 14.0 Å². The molecule has 0 aliphatic carbocycles. The number of aliphatic carboxylic acids is 1. The fourth-order valence-electron chi connectivity index (χ4n) is 2.60. The molecule has 7 heteroatoms. The summed E-state index contributed by atoms with van der Waals surface area (Å²) in [6, 6.07) is 6.32. The van der Waals surface area contributed by atoms with Crippen molar-refractivity contribution >= 4 is 22.8 Å². The van der Waals surface area contributed by atoms with Crippen LogP contribution in [-0.4, -0.2) is 40.7 Å². The van der Waals surface area contributed by atoms with Gasteiger partial charge in [0.25, 0.3) is 5.91 Å². The summed E-state index contributed by atoms with van der Waals surface area (Å²) in [5, 5.41) is 12.3. The van der Waals surface area contributed by atoms with E-state index in [1.807, 2.05) is 24.3 Å². The summed E-state index contributed by atoms with van der Waals surface area (Å²) >= 11 is 0. The molecule has 0 spiro atoms. The van der Waals surface area contributed by atoms with Gasteiger partial charge in [0.05, 0.1) is 0 Å². The van der Waals surface area contributed by atoms with Crippen LogP contribution in [0.1, 0.15) is 24.8 Å². The second-order valence-corrected chi connectivity index (χ2v) is 5.72. The number of carbonyl (C=O) groups excluding carboxylic acids is 1. The molecule has 24 heavy (non-hydrogen) atoms. The van der Waals surface area contributed by atoms with Crippen LogP contribution in [0.5, 0.6) is 0 Å². The molecular formula is C17H22FN3O3. The van der Waals surface area contributed by atoms with Crippen LogP contribution < -0.4 is 11.1 Å². The highest BCUT2D eigenvalue weighted by Gasteiger charge is 2.25. The van der Waals surface area contributed by atoms with Crippen molar-refractivity contribution < 1.29 is 19.1 Å². The van der Waals surface area contributed by atoms with Crippen LogP contribution in [0.2, 0.25) is 0 Å². The number of nitrogens with two attached hydrogens (primary N) is 1. The number of hydrogen-bond donors (Lipinski definition) is 4. The van der Waals surface area contributed by atoms with Gasteiger partial charge in [-0.05, 0) is 37.4 Å². The minimum Gasteiger partial charge on any atom is -0.480 e.